The first kappa shape index (κ1) is 45.3. The van der Waals surface area contributed by atoms with Crippen molar-refractivity contribution in [1.29, 1.82) is 0 Å². The third kappa shape index (κ3) is 29.4. The fourth-order valence-electron chi connectivity index (χ4n) is 5.00. The maximum Gasteiger partial charge on any atom is 0.306 e. The number of carbonyl (C=O) groups excluding carboxylic acids is 3. The molecule has 0 N–H and O–H groups in total. The predicted molar refractivity (Wildman–Crippen MR) is 194 cm³/mol. The van der Waals surface area contributed by atoms with Gasteiger partial charge in [0.2, 0.25) is 0 Å². The van der Waals surface area contributed by atoms with Crippen LogP contribution in [0.2, 0.25) is 0 Å². The van der Waals surface area contributed by atoms with Crippen molar-refractivity contribution in [3.8, 4) is 0 Å². The van der Waals surface area contributed by atoms with E-state index in [1.165, 1.54) is 12.8 Å². The van der Waals surface area contributed by atoms with Gasteiger partial charge in [0.1, 0.15) is 12.6 Å². The molecule has 0 spiro atoms. The minimum absolute atomic E-state index is 0.0265. The quantitative estimate of drug-likeness (QED) is 0.0309. The second-order valence-electron chi connectivity index (χ2n) is 13.4. The Morgan fingerprint density at radius 1 is 0.646 bits per heavy atom. The van der Waals surface area contributed by atoms with Gasteiger partial charge in [-0.15, -0.1) is 0 Å². The summed E-state index contributed by atoms with van der Waals surface area (Å²) in [6, 6.07) is -0.730. The number of likely N-dealkylation sites (N-methyl/N-ethyl adjacent to an activating group) is 1. The average molecular weight is 676 g/mol. The summed E-state index contributed by atoms with van der Waals surface area (Å²) in [5, 5.41) is 11.6. The Bertz CT molecular complexity index is 932. The molecule has 0 aromatic heterocycles. The molecular weight excluding hydrogens is 606 g/mol. The van der Waals surface area contributed by atoms with E-state index in [0.717, 1.165) is 89.9 Å². The molecular formula is C40H69NO7. The number of quaternary nitrogens is 1. The topological polar surface area (TPSA) is 102 Å². The van der Waals surface area contributed by atoms with Gasteiger partial charge < -0.3 is 28.6 Å². The number of rotatable bonds is 32. The molecule has 0 saturated heterocycles. The van der Waals surface area contributed by atoms with Gasteiger partial charge in [-0.1, -0.05) is 101 Å². The summed E-state index contributed by atoms with van der Waals surface area (Å²) in [6.07, 6.45) is 34.2. The van der Waals surface area contributed by atoms with Gasteiger partial charge in [-0.25, -0.2) is 0 Å². The van der Waals surface area contributed by atoms with Crippen molar-refractivity contribution in [2.45, 2.75) is 148 Å². The van der Waals surface area contributed by atoms with Crippen LogP contribution in [0.3, 0.4) is 0 Å². The first-order chi connectivity index (χ1) is 23.1. The molecule has 0 aliphatic rings. The second kappa shape index (κ2) is 31.6. The molecule has 0 aromatic carbocycles. The number of unbranched alkanes of at least 4 members (excludes halogenated alkanes) is 10. The van der Waals surface area contributed by atoms with E-state index in [1.54, 1.807) is 21.1 Å². The van der Waals surface area contributed by atoms with E-state index in [4.69, 9.17) is 14.2 Å². The van der Waals surface area contributed by atoms with Crippen molar-refractivity contribution in [2.24, 2.45) is 0 Å². The standard InChI is InChI=1S/C40H69NO7/c1-6-8-10-12-14-16-18-19-20-21-23-25-27-29-31-39(43)48-36(34-46-33-32-37(40(44)45)41(3,4)5)35-47-38(42)30-28-26-24-22-17-15-13-11-9-7-2/h8,10,13-16,19-20,36-37H,6-7,9,11-12,17-18,21-35H2,1-5H3/b10-8+,15-13+,16-14+,20-19+. The van der Waals surface area contributed by atoms with E-state index in [-0.39, 0.29) is 42.7 Å². The monoisotopic (exact) mass is 676 g/mol. The van der Waals surface area contributed by atoms with Gasteiger partial charge in [0.05, 0.1) is 40.3 Å². The maximum atomic E-state index is 12.6. The van der Waals surface area contributed by atoms with Gasteiger partial charge in [0.25, 0.3) is 0 Å². The largest absolute Gasteiger partial charge is 0.544 e. The third-order valence-corrected chi connectivity index (χ3v) is 7.95. The maximum absolute atomic E-state index is 12.6. The van der Waals surface area contributed by atoms with Gasteiger partial charge in [-0.3, -0.25) is 9.59 Å². The molecule has 276 valence electrons. The van der Waals surface area contributed by atoms with Crippen molar-refractivity contribution >= 4 is 17.9 Å². The van der Waals surface area contributed by atoms with Crippen LogP contribution in [0.1, 0.15) is 136 Å². The molecule has 0 aliphatic carbocycles. The number of carboxylic acid groups (broad SMARTS) is 1. The van der Waals surface area contributed by atoms with Gasteiger partial charge in [-0.2, -0.15) is 0 Å². The SMILES string of the molecule is CC/C=C/C/C=C/C/C=C/CCCCCCC(=O)OC(COCCC(C(=O)[O-])[N+](C)(C)C)COC(=O)CCCCCC/C=C/CCCC. The van der Waals surface area contributed by atoms with Gasteiger partial charge in [0, 0.05) is 19.3 Å². The Balaban J connectivity index is 4.50. The van der Waals surface area contributed by atoms with Crippen LogP contribution < -0.4 is 5.11 Å². The summed E-state index contributed by atoms with van der Waals surface area (Å²) in [5.41, 5.74) is 0. The van der Waals surface area contributed by atoms with E-state index < -0.39 is 18.1 Å². The van der Waals surface area contributed by atoms with E-state index in [9.17, 15) is 19.5 Å². The number of esters is 2. The van der Waals surface area contributed by atoms with E-state index in [0.29, 0.717) is 12.8 Å². The highest BCUT2D eigenvalue weighted by Crippen LogP contribution is 2.12. The lowest BCUT2D eigenvalue weighted by molar-refractivity contribution is -0.889. The minimum atomic E-state index is -1.13. The molecule has 0 saturated carbocycles. The summed E-state index contributed by atoms with van der Waals surface area (Å²) < 4.78 is 17.0. The molecule has 0 radical (unpaired) electrons. The van der Waals surface area contributed by atoms with Crippen molar-refractivity contribution < 1.29 is 38.2 Å². The summed E-state index contributed by atoms with van der Waals surface area (Å²) >= 11 is 0. The van der Waals surface area contributed by atoms with Crippen LogP contribution in [0.4, 0.5) is 0 Å². The lowest BCUT2D eigenvalue weighted by atomic mass is 10.1. The summed E-state index contributed by atoms with van der Waals surface area (Å²) in [7, 11) is 5.37. The number of ether oxygens (including phenoxy) is 3. The Morgan fingerprint density at radius 3 is 1.73 bits per heavy atom. The lowest BCUT2D eigenvalue weighted by Crippen LogP contribution is -2.55. The molecule has 2 atom stereocenters. The molecule has 0 bridgehead atoms. The number of hydrogen-bond acceptors (Lipinski definition) is 7. The zero-order valence-corrected chi connectivity index (χ0v) is 31.1. The molecule has 0 aromatic rings. The normalized spacial score (nSPS) is 13.6. The Hall–Kier alpha value is -2.71. The molecule has 0 aliphatic heterocycles. The first-order valence-electron chi connectivity index (χ1n) is 18.7. The zero-order valence-electron chi connectivity index (χ0n) is 31.1. The fraction of sp³-hybridized carbons (Fsp3) is 0.725. The number of hydrogen-bond donors (Lipinski definition) is 0. The van der Waals surface area contributed by atoms with Crippen molar-refractivity contribution in [3.05, 3.63) is 48.6 Å². The van der Waals surface area contributed by atoms with Gasteiger partial charge in [0.15, 0.2) is 6.10 Å². The fourth-order valence-corrected chi connectivity index (χ4v) is 5.00. The number of allylic oxidation sites excluding steroid dienone is 8. The molecule has 48 heavy (non-hydrogen) atoms. The third-order valence-electron chi connectivity index (χ3n) is 7.95. The van der Waals surface area contributed by atoms with E-state index in [1.807, 2.05) is 0 Å². The number of carboxylic acids is 1. The molecule has 0 fully saturated rings. The molecule has 8 nitrogen and oxygen atoms in total. The van der Waals surface area contributed by atoms with Crippen molar-refractivity contribution in [2.75, 3.05) is 41.0 Å². The predicted octanol–water partition coefficient (Wildman–Crippen LogP) is 7.96. The summed E-state index contributed by atoms with van der Waals surface area (Å²) in [6.45, 7) is 4.44. The smallest absolute Gasteiger partial charge is 0.306 e. The van der Waals surface area contributed by atoms with Gasteiger partial charge in [-0.05, 0) is 64.2 Å². The number of nitrogens with zero attached hydrogens (tertiary/aromatic N) is 1. The minimum Gasteiger partial charge on any atom is -0.544 e. The molecule has 0 amide bonds. The summed E-state index contributed by atoms with van der Waals surface area (Å²) in [4.78, 5) is 36.6. The average Bonchev–Trinajstić information content (AvgIpc) is 3.03. The summed E-state index contributed by atoms with van der Waals surface area (Å²) in [5.74, 6) is -1.79. The molecule has 2 unspecified atom stereocenters. The van der Waals surface area contributed by atoms with Crippen LogP contribution in [0.25, 0.3) is 0 Å². The second-order valence-corrected chi connectivity index (χ2v) is 13.4. The van der Waals surface area contributed by atoms with Crippen LogP contribution >= 0.6 is 0 Å². The highest BCUT2D eigenvalue weighted by molar-refractivity contribution is 5.70. The highest BCUT2D eigenvalue weighted by Gasteiger charge is 2.25. The van der Waals surface area contributed by atoms with Crippen LogP contribution in [0.5, 0.6) is 0 Å². The van der Waals surface area contributed by atoms with Crippen molar-refractivity contribution in [3.63, 3.8) is 0 Å². The number of aliphatic carboxylic acids is 1. The Labute approximate surface area is 293 Å². The van der Waals surface area contributed by atoms with Crippen molar-refractivity contribution in [1.82, 2.24) is 0 Å². The molecule has 8 heteroatoms. The molecule has 0 rings (SSSR count). The van der Waals surface area contributed by atoms with Crippen LogP contribution in [0, 0.1) is 0 Å². The Kier molecular flexibility index (Phi) is 29.8. The first-order valence-corrected chi connectivity index (χ1v) is 18.7. The van der Waals surface area contributed by atoms with Gasteiger partial charge >= 0.3 is 11.9 Å². The molecule has 0 heterocycles. The lowest BCUT2D eigenvalue weighted by Gasteiger charge is -2.34. The van der Waals surface area contributed by atoms with E-state index >= 15 is 0 Å². The Morgan fingerprint density at radius 2 is 1.17 bits per heavy atom. The van der Waals surface area contributed by atoms with Crippen LogP contribution in [-0.4, -0.2) is 75.5 Å². The number of carbonyl (C=O) groups is 3. The van der Waals surface area contributed by atoms with E-state index in [2.05, 4.69) is 62.5 Å². The zero-order chi connectivity index (χ0) is 35.7. The highest BCUT2D eigenvalue weighted by atomic mass is 16.6. The van der Waals surface area contributed by atoms with Crippen LogP contribution in [0.15, 0.2) is 48.6 Å². The van der Waals surface area contributed by atoms with Crippen LogP contribution in [-0.2, 0) is 28.6 Å².